The number of benzene rings is 3. The average Bonchev–Trinajstić information content (AvgIpc) is 3.67. The summed E-state index contributed by atoms with van der Waals surface area (Å²) in [6.45, 7) is 5.12. The van der Waals surface area contributed by atoms with Gasteiger partial charge in [-0.05, 0) is 103 Å². The number of hydrogen-bond acceptors (Lipinski definition) is 3. The molecule has 3 aromatic carbocycles. The van der Waals surface area contributed by atoms with Crippen molar-refractivity contribution in [2.75, 3.05) is 4.90 Å². The van der Waals surface area contributed by atoms with Crippen LogP contribution in [-0.2, 0) is 17.8 Å². The van der Waals surface area contributed by atoms with Gasteiger partial charge in [-0.2, -0.15) is 5.10 Å². The third-order valence-corrected chi connectivity index (χ3v) is 8.48. The molecule has 4 aromatic rings. The van der Waals surface area contributed by atoms with Crippen LogP contribution in [0.1, 0.15) is 66.5 Å². The van der Waals surface area contributed by atoms with Crippen LogP contribution < -0.4 is 4.90 Å². The van der Waals surface area contributed by atoms with Crippen LogP contribution >= 0.6 is 0 Å². The highest BCUT2D eigenvalue weighted by atomic mass is 19.1. The summed E-state index contributed by atoms with van der Waals surface area (Å²) >= 11 is 0. The van der Waals surface area contributed by atoms with E-state index in [-0.39, 0.29) is 17.9 Å². The van der Waals surface area contributed by atoms with Gasteiger partial charge in [-0.15, -0.1) is 0 Å². The number of carboxylic acids is 1. The fourth-order valence-corrected chi connectivity index (χ4v) is 6.47. The van der Waals surface area contributed by atoms with Gasteiger partial charge in [-0.1, -0.05) is 24.3 Å². The molecule has 0 saturated heterocycles. The molecule has 2 aliphatic heterocycles. The van der Waals surface area contributed by atoms with Crippen LogP contribution in [0.5, 0.6) is 0 Å². The molecule has 2 atom stereocenters. The van der Waals surface area contributed by atoms with E-state index in [0.29, 0.717) is 17.0 Å². The highest BCUT2D eigenvalue weighted by Gasteiger charge is 2.41. The first kappa shape index (κ1) is 23.9. The second kappa shape index (κ2) is 8.94. The zero-order valence-corrected chi connectivity index (χ0v) is 22.1. The molecule has 6 heteroatoms. The smallest absolute Gasteiger partial charge is 0.328 e. The van der Waals surface area contributed by atoms with Crippen molar-refractivity contribution in [2.24, 2.45) is 0 Å². The molecule has 1 unspecified atom stereocenters. The van der Waals surface area contributed by atoms with E-state index in [1.165, 1.54) is 36.1 Å². The molecule has 1 saturated carbocycles. The van der Waals surface area contributed by atoms with Gasteiger partial charge in [0.2, 0.25) is 0 Å². The number of halogens is 1. The molecule has 1 N–H and O–H groups in total. The van der Waals surface area contributed by atoms with E-state index in [1.807, 2.05) is 16.9 Å². The van der Waals surface area contributed by atoms with Crippen molar-refractivity contribution >= 4 is 17.7 Å². The van der Waals surface area contributed by atoms with Crippen molar-refractivity contribution in [2.45, 2.75) is 57.7 Å². The van der Waals surface area contributed by atoms with E-state index in [0.717, 1.165) is 52.5 Å². The third kappa shape index (κ3) is 3.97. The number of hydrogen-bond donors (Lipinski definition) is 1. The summed E-state index contributed by atoms with van der Waals surface area (Å²) in [6, 6.07) is 16.5. The first-order valence-corrected chi connectivity index (χ1v) is 13.7. The SMILES string of the molecule is CCn1cc(-c2ccc3c(c2)CC(C)N2c4ccc(C5CC5)cc4-c4cc(/C=C/C(=O)O)cc(F)c4[C@@H]32)cn1. The Morgan fingerprint density at radius 3 is 2.69 bits per heavy atom. The van der Waals surface area contributed by atoms with Crippen LogP contribution in [0.2, 0.25) is 0 Å². The molecule has 7 rings (SSSR count). The van der Waals surface area contributed by atoms with Crippen LogP contribution in [-0.4, -0.2) is 26.9 Å². The van der Waals surface area contributed by atoms with Crippen molar-refractivity contribution in [1.82, 2.24) is 9.78 Å². The van der Waals surface area contributed by atoms with E-state index < -0.39 is 5.97 Å². The van der Waals surface area contributed by atoms with Gasteiger partial charge in [0.15, 0.2) is 0 Å². The number of aryl methyl sites for hydroxylation is 1. The van der Waals surface area contributed by atoms with Gasteiger partial charge in [0.25, 0.3) is 0 Å². The fourth-order valence-electron chi connectivity index (χ4n) is 6.47. The van der Waals surface area contributed by atoms with E-state index in [4.69, 9.17) is 5.11 Å². The lowest BCUT2D eigenvalue weighted by atomic mass is 9.77. The van der Waals surface area contributed by atoms with Gasteiger partial charge in [-0.25, -0.2) is 9.18 Å². The highest BCUT2D eigenvalue weighted by molar-refractivity contribution is 5.90. The van der Waals surface area contributed by atoms with Gasteiger partial charge >= 0.3 is 5.97 Å². The molecule has 1 aliphatic carbocycles. The minimum atomic E-state index is -1.05. The van der Waals surface area contributed by atoms with Crippen LogP contribution in [0.4, 0.5) is 10.1 Å². The van der Waals surface area contributed by atoms with Gasteiger partial charge in [0.1, 0.15) is 5.82 Å². The molecule has 0 spiro atoms. The minimum Gasteiger partial charge on any atom is -0.478 e. The van der Waals surface area contributed by atoms with E-state index >= 15 is 4.39 Å². The minimum absolute atomic E-state index is 0.167. The lowest BCUT2D eigenvalue weighted by Gasteiger charge is -2.48. The van der Waals surface area contributed by atoms with Crippen LogP contribution in [0.3, 0.4) is 0 Å². The molecule has 0 radical (unpaired) electrons. The zero-order valence-electron chi connectivity index (χ0n) is 22.1. The molecule has 0 bridgehead atoms. The first-order chi connectivity index (χ1) is 18.9. The van der Waals surface area contributed by atoms with Crippen LogP contribution in [0.25, 0.3) is 28.3 Å². The van der Waals surface area contributed by atoms with Gasteiger partial charge in [0.05, 0.1) is 12.2 Å². The Kier molecular flexibility index (Phi) is 5.48. The van der Waals surface area contributed by atoms with Crippen molar-refractivity contribution in [1.29, 1.82) is 0 Å². The number of aliphatic carboxylic acids is 1. The topological polar surface area (TPSA) is 58.4 Å². The number of fused-ring (bicyclic) bond motifs is 8. The quantitative estimate of drug-likeness (QED) is 0.283. The van der Waals surface area contributed by atoms with Gasteiger partial charge in [0, 0.05) is 47.2 Å². The Hall–Kier alpha value is -4.19. The van der Waals surface area contributed by atoms with Crippen LogP contribution in [0.15, 0.2) is 67.0 Å². The van der Waals surface area contributed by atoms with Gasteiger partial charge < -0.3 is 10.0 Å². The summed E-state index contributed by atoms with van der Waals surface area (Å²) in [7, 11) is 0. The maximum Gasteiger partial charge on any atom is 0.328 e. The maximum atomic E-state index is 16.2. The van der Waals surface area contributed by atoms with Crippen LogP contribution in [0, 0.1) is 5.82 Å². The van der Waals surface area contributed by atoms with E-state index in [2.05, 4.69) is 66.4 Å². The lowest BCUT2D eigenvalue weighted by molar-refractivity contribution is -0.131. The predicted molar refractivity (Wildman–Crippen MR) is 151 cm³/mol. The Labute approximate surface area is 227 Å². The maximum absolute atomic E-state index is 16.2. The Morgan fingerprint density at radius 1 is 1.10 bits per heavy atom. The zero-order chi connectivity index (χ0) is 26.8. The van der Waals surface area contributed by atoms with Crippen molar-refractivity contribution in [3.63, 3.8) is 0 Å². The number of carbonyl (C=O) groups is 1. The molecule has 3 heterocycles. The average molecular weight is 520 g/mol. The molecule has 5 nitrogen and oxygen atoms in total. The second-order valence-corrected chi connectivity index (χ2v) is 11.0. The van der Waals surface area contributed by atoms with E-state index in [9.17, 15) is 4.79 Å². The van der Waals surface area contributed by atoms with E-state index in [1.54, 1.807) is 0 Å². The lowest BCUT2D eigenvalue weighted by Crippen LogP contribution is -2.45. The summed E-state index contributed by atoms with van der Waals surface area (Å²) in [5.41, 5.74) is 10.1. The summed E-state index contributed by atoms with van der Waals surface area (Å²) in [4.78, 5) is 13.6. The normalized spacial score (nSPS) is 19.4. The number of anilines is 1. The van der Waals surface area contributed by atoms with Crippen molar-refractivity contribution in [3.05, 3.63) is 101 Å². The summed E-state index contributed by atoms with van der Waals surface area (Å²) in [5.74, 6) is -0.777. The van der Waals surface area contributed by atoms with Gasteiger partial charge in [-0.3, -0.25) is 4.68 Å². The molecule has 1 aromatic heterocycles. The van der Waals surface area contributed by atoms with Crippen molar-refractivity contribution in [3.8, 4) is 22.3 Å². The Balaban J connectivity index is 1.42. The van der Waals surface area contributed by atoms with Crippen molar-refractivity contribution < 1.29 is 14.3 Å². The number of carboxylic acid groups (broad SMARTS) is 1. The predicted octanol–water partition coefficient (Wildman–Crippen LogP) is 7.21. The molecular weight excluding hydrogens is 489 g/mol. The first-order valence-electron chi connectivity index (χ1n) is 13.7. The standard InChI is InChI=1S/C33H30FN3O2/c1-3-36-18-25(17-35-36)22-7-9-26-24(15-22)12-19(2)37-30-10-8-23(21-5-6-21)16-27(30)28-13-20(4-11-31(38)39)14-29(34)32(28)33(26)37/h4,7-11,13-19,21,33H,3,5-6,12H2,1-2H3,(H,38,39)/b11-4+/t19?,33-/m1/s1. The molecule has 0 amide bonds. The Bertz CT molecular complexity index is 1670. The number of nitrogens with zero attached hydrogens (tertiary/aromatic N) is 3. The Morgan fingerprint density at radius 2 is 1.95 bits per heavy atom. The fraction of sp³-hybridized carbons (Fsp3) is 0.273. The molecule has 196 valence electrons. The summed E-state index contributed by atoms with van der Waals surface area (Å²) in [6.07, 6.45) is 9.76. The molecule has 39 heavy (non-hydrogen) atoms. The summed E-state index contributed by atoms with van der Waals surface area (Å²) in [5, 5.41) is 13.6. The second-order valence-electron chi connectivity index (χ2n) is 11.0. The molecule has 1 fully saturated rings. The monoisotopic (exact) mass is 519 g/mol. The largest absolute Gasteiger partial charge is 0.478 e. The number of rotatable bonds is 5. The number of aromatic nitrogens is 2. The third-order valence-electron chi connectivity index (χ3n) is 8.48. The summed E-state index contributed by atoms with van der Waals surface area (Å²) < 4.78 is 18.1. The molecule has 3 aliphatic rings. The molecular formula is C33H30FN3O2. The highest BCUT2D eigenvalue weighted by Crippen LogP contribution is 2.54.